The van der Waals surface area contributed by atoms with E-state index in [0.29, 0.717) is 11.8 Å². The second kappa shape index (κ2) is 6.11. The van der Waals surface area contributed by atoms with Crippen molar-refractivity contribution in [3.8, 4) is 0 Å². The first-order chi connectivity index (χ1) is 7.84. The summed E-state index contributed by atoms with van der Waals surface area (Å²) >= 11 is 0. The average molecular weight is 238 g/mol. The molecule has 0 bridgehead atoms. The standard InChI is InChI=1S/C12H18N2OS/c15-16(9-11-4-3-6-13-8-11)10-12-5-1-2-7-14-12/h3-4,6,8,12,14H,1-2,5,7,9-10H2/t12-,16+/m1/s1. The van der Waals surface area contributed by atoms with Crippen LogP contribution < -0.4 is 5.32 Å². The molecular formula is C12H18N2OS. The molecule has 0 aliphatic carbocycles. The van der Waals surface area contributed by atoms with Crippen molar-refractivity contribution in [1.82, 2.24) is 10.3 Å². The first kappa shape index (κ1) is 11.7. The fourth-order valence-corrected chi connectivity index (χ4v) is 3.41. The summed E-state index contributed by atoms with van der Waals surface area (Å²) in [5.41, 5.74) is 1.07. The largest absolute Gasteiger partial charge is 0.313 e. The van der Waals surface area contributed by atoms with Gasteiger partial charge in [-0.2, -0.15) is 0 Å². The molecule has 1 N–H and O–H groups in total. The molecule has 88 valence electrons. The van der Waals surface area contributed by atoms with Crippen molar-refractivity contribution in [1.29, 1.82) is 0 Å². The van der Waals surface area contributed by atoms with E-state index in [1.165, 1.54) is 19.3 Å². The maximum absolute atomic E-state index is 11.9. The first-order valence-corrected chi connectivity index (χ1v) is 7.30. The summed E-state index contributed by atoms with van der Waals surface area (Å²) in [6, 6.07) is 4.33. The van der Waals surface area contributed by atoms with Gasteiger partial charge in [-0.1, -0.05) is 12.5 Å². The van der Waals surface area contributed by atoms with Gasteiger partial charge in [-0.25, -0.2) is 0 Å². The van der Waals surface area contributed by atoms with Crippen molar-refractivity contribution >= 4 is 10.8 Å². The summed E-state index contributed by atoms with van der Waals surface area (Å²) in [5, 5.41) is 3.43. The van der Waals surface area contributed by atoms with Crippen molar-refractivity contribution < 1.29 is 4.21 Å². The second-order valence-corrected chi connectivity index (χ2v) is 5.76. The molecule has 1 aromatic rings. The number of pyridine rings is 1. The number of piperidine rings is 1. The van der Waals surface area contributed by atoms with Crippen LogP contribution in [0.1, 0.15) is 24.8 Å². The Morgan fingerprint density at radius 2 is 2.44 bits per heavy atom. The number of nitrogens with zero attached hydrogens (tertiary/aromatic N) is 1. The lowest BCUT2D eigenvalue weighted by atomic mass is 10.1. The van der Waals surface area contributed by atoms with Crippen LogP contribution in [0.5, 0.6) is 0 Å². The van der Waals surface area contributed by atoms with Crippen LogP contribution in [0.3, 0.4) is 0 Å². The quantitative estimate of drug-likeness (QED) is 0.864. The van der Waals surface area contributed by atoms with Crippen molar-refractivity contribution in [3.63, 3.8) is 0 Å². The highest BCUT2D eigenvalue weighted by atomic mass is 32.2. The van der Waals surface area contributed by atoms with Crippen LogP contribution in [0, 0.1) is 0 Å². The highest BCUT2D eigenvalue weighted by molar-refractivity contribution is 7.84. The number of aromatic nitrogens is 1. The lowest BCUT2D eigenvalue weighted by Crippen LogP contribution is -2.38. The van der Waals surface area contributed by atoms with Crippen molar-refractivity contribution in [2.45, 2.75) is 31.1 Å². The summed E-state index contributed by atoms with van der Waals surface area (Å²) < 4.78 is 11.9. The molecule has 0 amide bonds. The van der Waals surface area contributed by atoms with E-state index in [4.69, 9.17) is 0 Å². The summed E-state index contributed by atoms with van der Waals surface area (Å²) in [4.78, 5) is 4.03. The third-order valence-electron chi connectivity index (χ3n) is 2.85. The van der Waals surface area contributed by atoms with E-state index in [9.17, 15) is 4.21 Å². The predicted octanol–water partition coefficient (Wildman–Crippen LogP) is 1.47. The number of hydrogen-bond donors (Lipinski definition) is 1. The molecule has 1 aromatic heterocycles. The molecule has 0 saturated carbocycles. The van der Waals surface area contributed by atoms with Crippen LogP contribution in [-0.2, 0) is 16.6 Å². The summed E-state index contributed by atoms with van der Waals surface area (Å²) in [6.45, 7) is 1.08. The lowest BCUT2D eigenvalue weighted by Gasteiger charge is -2.22. The van der Waals surface area contributed by atoms with Crippen LogP contribution in [-0.4, -0.2) is 27.5 Å². The van der Waals surface area contributed by atoms with E-state index in [1.807, 2.05) is 12.1 Å². The Labute approximate surface area is 99.1 Å². The fourth-order valence-electron chi connectivity index (χ4n) is 2.02. The molecule has 1 fully saturated rings. The molecule has 0 spiro atoms. The van der Waals surface area contributed by atoms with E-state index in [1.54, 1.807) is 12.4 Å². The van der Waals surface area contributed by atoms with Crippen molar-refractivity contribution in [2.75, 3.05) is 12.3 Å². The van der Waals surface area contributed by atoms with Crippen LogP contribution in [0.4, 0.5) is 0 Å². The first-order valence-electron chi connectivity index (χ1n) is 5.82. The fraction of sp³-hybridized carbons (Fsp3) is 0.583. The van der Waals surface area contributed by atoms with Gasteiger partial charge in [0, 0.05) is 35.0 Å². The molecule has 1 aliphatic rings. The van der Waals surface area contributed by atoms with Crippen LogP contribution in [0.2, 0.25) is 0 Å². The predicted molar refractivity (Wildman–Crippen MR) is 66.6 cm³/mol. The third kappa shape index (κ3) is 3.68. The van der Waals surface area contributed by atoms with E-state index >= 15 is 0 Å². The minimum Gasteiger partial charge on any atom is -0.313 e. The highest BCUT2D eigenvalue weighted by Gasteiger charge is 2.15. The van der Waals surface area contributed by atoms with Gasteiger partial charge in [-0.3, -0.25) is 9.19 Å². The van der Waals surface area contributed by atoms with Gasteiger partial charge in [0.05, 0.1) is 5.75 Å². The number of hydrogen-bond acceptors (Lipinski definition) is 3. The Balaban J connectivity index is 1.80. The summed E-state index contributed by atoms with van der Waals surface area (Å²) in [6.07, 6.45) is 7.23. The molecule has 2 atom stereocenters. The van der Waals surface area contributed by atoms with Gasteiger partial charge in [0.1, 0.15) is 0 Å². The maximum Gasteiger partial charge on any atom is 0.0501 e. The average Bonchev–Trinajstić information content (AvgIpc) is 2.31. The SMILES string of the molecule is O=[S@@](Cc1cccnc1)C[C@H]1CCCCN1. The summed E-state index contributed by atoms with van der Waals surface area (Å²) in [7, 11) is -0.771. The maximum atomic E-state index is 11.9. The smallest absolute Gasteiger partial charge is 0.0501 e. The van der Waals surface area contributed by atoms with Gasteiger partial charge >= 0.3 is 0 Å². The second-order valence-electron chi connectivity index (χ2n) is 4.26. The topological polar surface area (TPSA) is 42.0 Å². The molecule has 2 heterocycles. The van der Waals surface area contributed by atoms with E-state index < -0.39 is 10.8 Å². The van der Waals surface area contributed by atoms with Gasteiger partial charge < -0.3 is 5.32 Å². The number of nitrogens with one attached hydrogen (secondary N) is 1. The highest BCUT2D eigenvalue weighted by Crippen LogP contribution is 2.10. The van der Waals surface area contributed by atoms with Gasteiger partial charge in [0.2, 0.25) is 0 Å². The normalized spacial score (nSPS) is 22.9. The number of rotatable bonds is 4. The van der Waals surface area contributed by atoms with Crippen molar-refractivity contribution in [2.24, 2.45) is 0 Å². The van der Waals surface area contributed by atoms with E-state index in [-0.39, 0.29) is 0 Å². The van der Waals surface area contributed by atoms with Crippen LogP contribution in [0.25, 0.3) is 0 Å². The zero-order valence-electron chi connectivity index (χ0n) is 9.39. The zero-order valence-corrected chi connectivity index (χ0v) is 10.2. The molecular weight excluding hydrogens is 220 g/mol. The zero-order chi connectivity index (χ0) is 11.2. The van der Waals surface area contributed by atoms with E-state index in [0.717, 1.165) is 17.9 Å². The molecule has 2 rings (SSSR count). The Bertz CT molecular complexity index is 336. The van der Waals surface area contributed by atoms with Crippen molar-refractivity contribution in [3.05, 3.63) is 30.1 Å². The Morgan fingerprint density at radius 3 is 3.12 bits per heavy atom. The van der Waals surface area contributed by atoms with Crippen LogP contribution >= 0.6 is 0 Å². The molecule has 3 nitrogen and oxygen atoms in total. The van der Waals surface area contributed by atoms with E-state index in [2.05, 4.69) is 10.3 Å². The van der Waals surface area contributed by atoms with Gasteiger partial charge in [0.15, 0.2) is 0 Å². The molecule has 16 heavy (non-hydrogen) atoms. The molecule has 0 aromatic carbocycles. The third-order valence-corrected chi connectivity index (χ3v) is 4.28. The van der Waals surface area contributed by atoms with Gasteiger partial charge in [-0.15, -0.1) is 0 Å². The Hall–Kier alpha value is -0.740. The molecule has 1 aliphatic heterocycles. The molecule has 4 heteroatoms. The monoisotopic (exact) mass is 238 g/mol. The minimum atomic E-state index is -0.771. The molecule has 1 saturated heterocycles. The minimum absolute atomic E-state index is 0.450. The van der Waals surface area contributed by atoms with Crippen LogP contribution in [0.15, 0.2) is 24.5 Å². The summed E-state index contributed by atoms with van der Waals surface area (Å²) in [5.74, 6) is 1.40. The van der Waals surface area contributed by atoms with Gasteiger partial charge in [0.25, 0.3) is 0 Å². The Kier molecular flexibility index (Phi) is 4.48. The van der Waals surface area contributed by atoms with Gasteiger partial charge in [-0.05, 0) is 31.0 Å². The lowest BCUT2D eigenvalue weighted by molar-refractivity contribution is 0.427. The molecule has 0 unspecified atom stereocenters. The Morgan fingerprint density at radius 1 is 1.50 bits per heavy atom. The molecule has 0 radical (unpaired) electrons.